The molecule has 2 aromatic carbocycles. The average molecular weight is 324 g/mol. The van der Waals surface area contributed by atoms with Crippen LogP contribution in [-0.4, -0.2) is 6.29 Å². The summed E-state index contributed by atoms with van der Waals surface area (Å²) in [4.78, 5) is 11.2. The summed E-state index contributed by atoms with van der Waals surface area (Å²) < 4.78 is 6.24. The topological polar surface area (TPSA) is 26.3 Å². The highest BCUT2D eigenvalue weighted by Crippen LogP contribution is 2.29. The molecule has 128 valence electrons. The first kappa shape index (κ1) is 18.3. The highest BCUT2D eigenvalue weighted by molar-refractivity contribution is 5.77. The molecule has 0 aliphatic heterocycles. The molecule has 0 unspecified atom stereocenters. The van der Waals surface area contributed by atoms with E-state index in [-0.39, 0.29) is 0 Å². The summed E-state index contributed by atoms with van der Waals surface area (Å²) in [5.41, 5.74) is 4.14. The van der Waals surface area contributed by atoms with Crippen molar-refractivity contribution < 1.29 is 9.53 Å². The summed E-state index contributed by atoms with van der Waals surface area (Å²) in [6.45, 7) is 9.32. The first-order valence-corrected chi connectivity index (χ1v) is 8.78. The van der Waals surface area contributed by atoms with Crippen LogP contribution in [0.15, 0.2) is 42.5 Å². The second-order valence-electron chi connectivity index (χ2n) is 7.21. The van der Waals surface area contributed by atoms with Gasteiger partial charge in [0.25, 0.3) is 0 Å². The number of carbonyl (C=O) groups excluding carboxylic acids is 1. The average Bonchev–Trinajstić information content (AvgIpc) is 2.53. The van der Waals surface area contributed by atoms with Gasteiger partial charge < -0.3 is 4.74 Å². The molecule has 2 nitrogen and oxygen atoms in total. The van der Waals surface area contributed by atoms with Crippen molar-refractivity contribution in [1.29, 1.82) is 0 Å². The van der Waals surface area contributed by atoms with Gasteiger partial charge in [-0.2, -0.15) is 0 Å². The van der Waals surface area contributed by atoms with E-state index in [1.165, 1.54) is 11.1 Å². The summed E-state index contributed by atoms with van der Waals surface area (Å²) >= 11 is 0. The molecule has 2 heteroatoms. The molecule has 0 atom stereocenters. The minimum absolute atomic E-state index is 0.426. The zero-order chi connectivity index (χ0) is 17.5. The van der Waals surface area contributed by atoms with Gasteiger partial charge in [-0.25, -0.2) is 0 Å². The number of rotatable bonds is 8. The lowest BCUT2D eigenvalue weighted by molar-refractivity contribution is 0.112. The lowest BCUT2D eigenvalue weighted by Gasteiger charge is -2.19. The van der Waals surface area contributed by atoms with E-state index in [4.69, 9.17) is 4.74 Å². The van der Waals surface area contributed by atoms with Gasteiger partial charge in [-0.15, -0.1) is 0 Å². The molecule has 0 saturated heterocycles. The summed E-state index contributed by atoms with van der Waals surface area (Å²) in [5, 5.41) is 0. The van der Waals surface area contributed by atoms with E-state index in [0.29, 0.717) is 24.0 Å². The molecule has 0 aliphatic rings. The Labute approximate surface area is 145 Å². The van der Waals surface area contributed by atoms with Crippen LogP contribution in [0.5, 0.6) is 5.75 Å². The number of hydrogen-bond donors (Lipinski definition) is 0. The molecule has 0 heterocycles. The highest BCUT2D eigenvalue weighted by atomic mass is 16.5. The van der Waals surface area contributed by atoms with Gasteiger partial charge in [-0.1, -0.05) is 70.2 Å². The molecular formula is C22H28O2. The standard InChI is InChI=1S/C22H28O2/c1-16(2)12-18-10-7-11-19(13-17(3)4)22(18)24-15-21-9-6-5-8-20(21)14-23/h5-11,14,16-17H,12-13,15H2,1-4H3. The molecule has 2 aromatic rings. The number of hydrogen-bond acceptors (Lipinski definition) is 2. The van der Waals surface area contributed by atoms with Crippen LogP contribution in [0.3, 0.4) is 0 Å². The lowest BCUT2D eigenvalue weighted by atomic mass is 9.95. The SMILES string of the molecule is CC(C)Cc1cccc(CC(C)C)c1OCc1ccccc1C=O. The number of ether oxygens (including phenoxy) is 1. The Balaban J connectivity index is 2.30. The third-order valence-corrected chi connectivity index (χ3v) is 3.99. The summed E-state index contributed by atoms with van der Waals surface area (Å²) in [6.07, 6.45) is 2.89. The molecule has 2 rings (SSSR count). The van der Waals surface area contributed by atoms with E-state index in [2.05, 4.69) is 45.9 Å². The maximum Gasteiger partial charge on any atom is 0.150 e. The van der Waals surface area contributed by atoms with Crippen molar-refractivity contribution in [3.05, 3.63) is 64.7 Å². The monoisotopic (exact) mass is 324 g/mol. The van der Waals surface area contributed by atoms with Gasteiger partial charge >= 0.3 is 0 Å². The van der Waals surface area contributed by atoms with Crippen LogP contribution < -0.4 is 4.74 Å². The lowest BCUT2D eigenvalue weighted by Crippen LogP contribution is -2.07. The molecule has 0 spiro atoms. The van der Waals surface area contributed by atoms with Crippen molar-refractivity contribution in [2.75, 3.05) is 0 Å². The van der Waals surface area contributed by atoms with Crippen molar-refractivity contribution in [3.8, 4) is 5.75 Å². The van der Waals surface area contributed by atoms with E-state index in [1.54, 1.807) is 0 Å². The predicted octanol–water partition coefficient (Wildman–Crippen LogP) is 5.48. The molecular weight excluding hydrogens is 296 g/mol. The van der Waals surface area contributed by atoms with Crippen molar-refractivity contribution in [2.24, 2.45) is 11.8 Å². The van der Waals surface area contributed by atoms with Crippen molar-refractivity contribution in [3.63, 3.8) is 0 Å². The van der Waals surface area contributed by atoms with Crippen LogP contribution in [0, 0.1) is 11.8 Å². The fourth-order valence-corrected chi connectivity index (χ4v) is 2.96. The van der Waals surface area contributed by atoms with Gasteiger partial charge in [-0.05, 0) is 41.4 Å². The smallest absolute Gasteiger partial charge is 0.150 e. The van der Waals surface area contributed by atoms with E-state index in [1.807, 2.05) is 24.3 Å². The number of para-hydroxylation sites is 1. The second-order valence-corrected chi connectivity index (χ2v) is 7.21. The highest BCUT2D eigenvalue weighted by Gasteiger charge is 2.13. The summed E-state index contributed by atoms with van der Waals surface area (Å²) in [7, 11) is 0. The van der Waals surface area contributed by atoms with Crippen molar-refractivity contribution in [2.45, 2.75) is 47.1 Å². The van der Waals surface area contributed by atoms with E-state index in [0.717, 1.165) is 30.4 Å². The maximum absolute atomic E-state index is 11.2. The van der Waals surface area contributed by atoms with Gasteiger partial charge in [0, 0.05) is 5.56 Å². The predicted molar refractivity (Wildman–Crippen MR) is 99.7 cm³/mol. The Morgan fingerprint density at radius 3 is 1.92 bits per heavy atom. The molecule has 0 amide bonds. The molecule has 24 heavy (non-hydrogen) atoms. The van der Waals surface area contributed by atoms with Gasteiger partial charge in [-0.3, -0.25) is 4.79 Å². The normalized spacial score (nSPS) is 11.1. The van der Waals surface area contributed by atoms with E-state index in [9.17, 15) is 4.79 Å². The molecule has 0 fully saturated rings. The fraction of sp³-hybridized carbons (Fsp3) is 0.409. The molecule has 0 N–H and O–H groups in total. The molecule has 0 saturated carbocycles. The Bertz CT molecular complexity index is 643. The van der Waals surface area contributed by atoms with Crippen LogP contribution >= 0.6 is 0 Å². The summed E-state index contributed by atoms with van der Waals surface area (Å²) in [5.74, 6) is 2.15. The molecule has 0 aromatic heterocycles. The first-order valence-electron chi connectivity index (χ1n) is 8.78. The zero-order valence-electron chi connectivity index (χ0n) is 15.2. The van der Waals surface area contributed by atoms with Crippen LogP contribution in [-0.2, 0) is 19.4 Å². The molecule has 0 aliphatic carbocycles. The Hall–Kier alpha value is -2.09. The van der Waals surface area contributed by atoms with E-state index < -0.39 is 0 Å². The fourth-order valence-electron chi connectivity index (χ4n) is 2.96. The number of carbonyl (C=O) groups is 1. The largest absolute Gasteiger partial charge is 0.488 e. The Morgan fingerprint density at radius 1 is 0.833 bits per heavy atom. The van der Waals surface area contributed by atoms with Crippen LogP contribution in [0.1, 0.15) is 54.7 Å². The number of aldehydes is 1. The quantitative estimate of drug-likeness (QED) is 0.601. The molecule has 0 radical (unpaired) electrons. The third-order valence-electron chi connectivity index (χ3n) is 3.99. The second kappa shape index (κ2) is 8.68. The Kier molecular flexibility index (Phi) is 6.60. The van der Waals surface area contributed by atoms with Crippen molar-refractivity contribution in [1.82, 2.24) is 0 Å². The summed E-state index contributed by atoms with van der Waals surface area (Å²) in [6, 6.07) is 14.1. The van der Waals surface area contributed by atoms with Crippen LogP contribution in [0.2, 0.25) is 0 Å². The molecule has 0 bridgehead atoms. The van der Waals surface area contributed by atoms with Gasteiger partial charge in [0.15, 0.2) is 0 Å². The minimum atomic E-state index is 0.426. The maximum atomic E-state index is 11.2. The van der Waals surface area contributed by atoms with Gasteiger partial charge in [0.2, 0.25) is 0 Å². The van der Waals surface area contributed by atoms with Gasteiger partial charge in [0.05, 0.1) is 0 Å². The first-order chi connectivity index (χ1) is 11.5. The Morgan fingerprint density at radius 2 is 1.38 bits per heavy atom. The van der Waals surface area contributed by atoms with Crippen molar-refractivity contribution >= 4 is 6.29 Å². The van der Waals surface area contributed by atoms with Crippen LogP contribution in [0.25, 0.3) is 0 Å². The van der Waals surface area contributed by atoms with Gasteiger partial charge in [0.1, 0.15) is 18.6 Å². The third kappa shape index (κ3) is 4.95. The van der Waals surface area contributed by atoms with Crippen LogP contribution in [0.4, 0.5) is 0 Å². The zero-order valence-corrected chi connectivity index (χ0v) is 15.2. The minimum Gasteiger partial charge on any atom is -0.488 e. The van der Waals surface area contributed by atoms with E-state index >= 15 is 0 Å². The number of benzene rings is 2.